The lowest BCUT2D eigenvalue weighted by atomic mass is 10.3. The van der Waals surface area contributed by atoms with Gasteiger partial charge in [0.1, 0.15) is 5.69 Å². The molecule has 0 aromatic carbocycles. The van der Waals surface area contributed by atoms with Crippen LogP contribution in [-0.2, 0) is 6.54 Å². The Morgan fingerprint density at radius 2 is 2.41 bits per heavy atom. The number of nitrogens with one attached hydrogen (secondary N) is 1. The maximum Gasteiger partial charge on any atom is 0.275 e. The zero-order chi connectivity index (χ0) is 12.4. The van der Waals surface area contributed by atoms with E-state index in [1.807, 2.05) is 13.8 Å². The molecule has 90 valence electrons. The molecule has 0 saturated heterocycles. The fourth-order valence-corrected chi connectivity index (χ4v) is 2.54. The van der Waals surface area contributed by atoms with Crippen molar-refractivity contribution in [2.75, 3.05) is 5.32 Å². The number of thiazole rings is 1. The number of aryl methyl sites for hydroxylation is 2. The fourth-order valence-electron chi connectivity index (χ4n) is 1.44. The Morgan fingerprint density at radius 1 is 1.65 bits per heavy atom. The van der Waals surface area contributed by atoms with Crippen LogP contribution in [0.25, 0.3) is 0 Å². The standard InChI is InChI=1S/C10H11BrN4OS/c1-3-15-7(4-6(2)14-15)9(16)13-10-12-5-8(11)17-10/h4-5H,3H2,1-2H3,(H,12,13,16). The van der Waals surface area contributed by atoms with E-state index < -0.39 is 0 Å². The van der Waals surface area contributed by atoms with E-state index in [0.29, 0.717) is 17.4 Å². The molecule has 0 aliphatic carbocycles. The van der Waals surface area contributed by atoms with Gasteiger partial charge in [-0.25, -0.2) is 4.98 Å². The lowest BCUT2D eigenvalue weighted by Gasteiger charge is -2.03. The van der Waals surface area contributed by atoms with Crippen LogP contribution in [0.2, 0.25) is 0 Å². The number of anilines is 1. The van der Waals surface area contributed by atoms with Gasteiger partial charge < -0.3 is 0 Å². The van der Waals surface area contributed by atoms with Crippen molar-refractivity contribution in [1.29, 1.82) is 0 Å². The molecule has 7 heteroatoms. The van der Waals surface area contributed by atoms with Crippen LogP contribution < -0.4 is 5.32 Å². The summed E-state index contributed by atoms with van der Waals surface area (Å²) in [6.45, 7) is 4.48. The van der Waals surface area contributed by atoms with Gasteiger partial charge in [0, 0.05) is 6.54 Å². The van der Waals surface area contributed by atoms with Crippen LogP contribution in [0.3, 0.4) is 0 Å². The maximum atomic E-state index is 12.0. The number of hydrogen-bond donors (Lipinski definition) is 1. The summed E-state index contributed by atoms with van der Waals surface area (Å²) >= 11 is 4.67. The number of carbonyl (C=O) groups excluding carboxylic acids is 1. The van der Waals surface area contributed by atoms with Gasteiger partial charge in [-0.05, 0) is 35.8 Å². The molecule has 2 rings (SSSR count). The molecule has 0 saturated carbocycles. The van der Waals surface area contributed by atoms with Crippen LogP contribution in [0.1, 0.15) is 23.1 Å². The van der Waals surface area contributed by atoms with Gasteiger partial charge in [-0.1, -0.05) is 11.3 Å². The second-order valence-corrected chi connectivity index (χ2v) is 5.82. The van der Waals surface area contributed by atoms with Crippen molar-refractivity contribution in [1.82, 2.24) is 14.8 Å². The van der Waals surface area contributed by atoms with E-state index in [9.17, 15) is 4.79 Å². The normalized spacial score (nSPS) is 10.5. The van der Waals surface area contributed by atoms with Crippen molar-refractivity contribution in [2.24, 2.45) is 0 Å². The van der Waals surface area contributed by atoms with Crippen molar-refractivity contribution in [2.45, 2.75) is 20.4 Å². The average Bonchev–Trinajstić information content (AvgIpc) is 2.84. The minimum atomic E-state index is -0.186. The second kappa shape index (κ2) is 4.97. The van der Waals surface area contributed by atoms with Crippen LogP contribution >= 0.6 is 27.3 Å². The van der Waals surface area contributed by atoms with Gasteiger partial charge in [0.25, 0.3) is 5.91 Å². The summed E-state index contributed by atoms with van der Waals surface area (Å²) in [5.74, 6) is -0.186. The molecule has 1 N–H and O–H groups in total. The summed E-state index contributed by atoms with van der Waals surface area (Å²) in [7, 11) is 0. The molecular formula is C10H11BrN4OS. The van der Waals surface area contributed by atoms with E-state index in [1.165, 1.54) is 11.3 Å². The fraction of sp³-hybridized carbons (Fsp3) is 0.300. The summed E-state index contributed by atoms with van der Waals surface area (Å²) in [4.78, 5) is 16.0. The van der Waals surface area contributed by atoms with Crippen molar-refractivity contribution in [3.05, 3.63) is 27.4 Å². The first-order valence-electron chi connectivity index (χ1n) is 5.07. The Balaban J connectivity index is 2.19. The van der Waals surface area contributed by atoms with Gasteiger partial charge in [-0.2, -0.15) is 5.10 Å². The number of halogens is 1. The maximum absolute atomic E-state index is 12.0. The van der Waals surface area contributed by atoms with Gasteiger partial charge in [0.05, 0.1) is 15.7 Å². The molecule has 0 aliphatic heterocycles. The highest BCUT2D eigenvalue weighted by atomic mass is 79.9. The summed E-state index contributed by atoms with van der Waals surface area (Å²) in [5, 5.41) is 7.54. The molecule has 0 atom stereocenters. The molecule has 0 aliphatic rings. The molecule has 0 unspecified atom stereocenters. The molecule has 5 nitrogen and oxygen atoms in total. The second-order valence-electron chi connectivity index (χ2n) is 3.41. The summed E-state index contributed by atoms with van der Waals surface area (Å²) in [6.07, 6.45) is 1.66. The average molecular weight is 315 g/mol. The van der Waals surface area contributed by atoms with Crippen LogP contribution in [0, 0.1) is 6.92 Å². The molecule has 2 heterocycles. The van der Waals surface area contributed by atoms with E-state index in [1.54, 1.807) is 16.9 Å². The molecule has 0 spiro atoms. The Hall–Kier alpha value is -1.21. The van der Waals surface area contributed by atoms with Gasteiger partial charge in [-0.3, -0.25) is 14.8 Å². The lowest BCUT2D eigenvalue weighted by molar-refractivity contribution is 0.101. The Kier molecular flexibility index (Phi) is 3.58. The molecule has 17 heavy (non-hydrogen) atoms. The minimum absolute atomic E-state index is 0.186. The van der Waals surface area contributed by atoms with E-state index in [4.69, 9.17) is 0 Å². The Labute approximate surface area is 111 Å². The van der Waals surface area contributed by atoms with Crippen LogP contribution in [-0.4, -0.2) is 20.7 Å². The number of rotatable bonds is 3. The molecular weight excluding hydrogens is 304 g/mol. The van der Waals surface area contributed by atoms with Gasteiger partial charge >= 0.3 is 0 Å². The van der Waals surface area contributed by atoms with Crippen molar-refractivity contribution < 1.29 is 4.79 Å². The zero-order valence-corrected chi connectivity index (χ0v) is 11.8. The number of carbonyl (C=O) groups is 1. The quantitative estimate of drug-likeness (QED) is 0.947. The van der Waals surface area contributed by atoms with Crippen LogP contribution in [0.5, 0.6) is 0 Å². The predicted molar refractivity (Wildman–Crippen MR) is 70.4 cm³/mol. The van der Waals surface area contributed by atoms with E-state index >= 15 is 0 Å². The number of amides is 1. The van der Waals surface area contributed by atoms with Gasteiger partial charge in [0.2, 0.25) is 0 Å². The zero-order valence-electron chi connectivity index (χ0n) is 9.40. The molecule has 0 radical (unpaired) electrons. The first kappa shape index (κ1) is 12.3. The van der Waals surface area contributed by atoms with Crippen molar-refractivity contribution in [3.8, 4) is 0 Å². The smallest absolute Gasteiger partial charge is 0.275 e. The monoisotopic (exact) mass is 314 g/mol. The highest BCUT2D eigenvalue weighted by Crippen LogP contribution is 2.23. The van der Waals surface area contributed by atoms with Gasteiger partial charge in [0.15, 0.2) is 5.13 Å². The van der Waals surface area contributed by atoms with E-state index in [-0.39, 0.29) is 5.91 Å². The summed E-state index contributed by atoms with van der Waals surface area (Å²) in [6, 6.07) is 1.77. The summed E-state index contributed by atoms with van der Waals surface area (Å²) in [5.41, 5.74) is 1.38. The van der Waals surface area contributed by atoms with E-state index in [0.717, 1.165) is 9.48 Å². The third kappa shape index (κ3) is 2.73. The van der Waals surface area contributed by atoms with E-state index in [2.05, 4.69) is 31.3 Å². The highest BCUT2D eigenvalue weighted by molar-refractivity contribution is 9.11. The number of aromatic nitrogens is 3. The first-order chi connectivity index (χ1) is 8.10. The Bertz CT molecular complexity index is 548. The number of hydrogen-bond acceptors (Lipinski definition) is 4. The third-order valence-corrected chi connectivity index (χ3v) is 3.52. The minimum Gasteiger partial charge on any atom is -0.296 e. The Morgan fingerprint density at radius 3 is 3.00 bits per heavy atom. The molecule has 0 bridgehead atoms. The van der Waals surface area contributed by atoms with Crippen LogP contribution in [0.15, 0.2) is 16.0 Å². The molecule has 1 amide bonds. The largest absolute Gasteiger partial charge is 0.296 e. The van der Waals surface area contributed by atoms with Crippen LogP contribution in [0.4, 0.5) is 5.13 Å². The first-order valence-corrected chi connectivity index (χ1v) is 6.68. The third-order valence-electron chi connectivity index (χ3n) is 2.13. The highest BCUT2D eigenvalue weighted by Gasteiger charge is 2.14. The van der Waals surface area contributed by atoms with Crippen molar-refractivity contribution in [3.63, 3.8) is 0 Å². The molecule has 0 fully saturated rings. The molecule has 2 aromatic heterocycles. The predicted octanol–water partition coefficient (Wildman–Crippen LogP) is 2.68. The van der Waals surface area contributed by atoms with Crippen molar-refractivity contribution >= 4 is 38.3 Å². The summed E-state index contributed by atoms with van der Waals surface area (Å²) < 4.78 is 2.56. The SMILES string of the molecule is CCn1nc(C)cc1C(=O)Nc1ncc(Br)s1. The van der Waals surface area contributed by atoms with Gasteiger partial charge in [-0.15, -0.1) is 0 Å². The topological polar surface area (TPSA) is 59.8 Å². The number of nitrogens with zero attached hydrogens (tertiary/aromatic N) is 3. The lowest BCUT2D eigenvalue weighted by Crippen LogP contribution is -2.17. The molecule has 2 aromatic rings.